The number of nitrogens with one attached hydrogen (secondary N) is 1. The van der Waals surface area contributed by atoms with Crippen molar-refractivity contribution in [1.29, 1.82) is 0 Å². The van der Waals surface area contributed by atoms with Crippen LogP contribution < -0.4 is 10.1 Å². The Labute approximate surface area is 130 Å². The van der Waals surface area contributed by atoms with Crippen LogP contribution >= 0.6 is 11.3 Å². The first-order valence-electron chi connectivity index (χ1n) is 7.33. The summed E-state index contributed by atoms with van der Waals surface area (Å²) in [5, 5.41) is 5.01. The van der Waals surface area contributed by atoms with E-state index in [1.54, 1.807) is 11.3 Å². The molecule has 4 heteroatoms. The predicted octanol–water partition coefficient (Wildman–Crippen LogP) is 4.50. The fourth-order valence-corrected chi connectivity index (χ4v) is 2.75. The number of benzene rings is 1. The molecule has 0 saturated carbocycles. The number of para-hydroxylation sites is 2. The lowest BCUT2D eigenvalue weighted by molar-refractivity contribution is -0.116. The third-order valence-corrected chi connectivity index (χ3v) is 3.97. The van der Waals surface area contributed by atoms with Gasteiger partial charge in [0.1, 0.15) is 5.75 Å². The van der Waals surface area contributed by atoms with Gasteiger partial charge >= 0.3 is 0 Å². The van der Waals surface area contributed by atoms with Crippen LogP contribution in [-0.4, -0.2) is 12.5 Å². The molecule has 0 fully saturated rings. The average Bonchev–Trinajstić information content (AvgIpc) is 2.99. The normalized spacial score (nSPS) is 10.3. The Balaban J connectivity index is 1.81. The number of aryl methyl sites for hydroxylation is 1. The number of hydrogen-bond donors (Lipinski definition) is 1. The lowest BCUT2D eigenvalue weighted by Gasteiger charge is -2.11. The molecule has 0 atom stereocenters. The van der Waals surface area contributed by atoms with E-state index in [1.807, 2.05) is 30.3 Å². The smallest absolute Gasteiger partial charge is 0.224 e. The van der Waals surface area contributed by atoms with E-state index in [-0.39, 0.29) is 5.91 Å². The summed E-state index contributed by atoms with van der Waals surface area (Å²) >= 11 is 1.74. The molecule has 1 heterocycles. The molecule has 0 aliphatic heterocycles. The zero-order chi connectivity index (χ0) is 14.9. The van der Waals surface area contributed by atoms with E-state index in [0.29, 0.717) is 13.0 Å². The minimum atomic E-state index is 0.0408. The van der Waals surface area contributed by atoms with Crippen molar-refractivity contribution in [3.63, 3.8) is 0 Å². The van der Waals surface area contributed by atoms with Crippen molar-refractivity contribution in [2.45, 2.75) is 32.6 Å². The zero-order valence-electron chi connectivity index (χ0n) is 12.3. The van der Waals surface area contributed by atoms with Crippen molar-refractivity contribution < 1.29 is 9.53 Å². The van der Waals surface area contributed by atoms with Gasteiger partial charge in [0.25, 0.3) is 0 Å². The third kappa shape index (κ3) is 5.23. The van der Waals surface area contributed by atoms with Crippen LogP contribution in [0.5, 0.6) is 5.75 Å². The summed E-state index contributed by atoms with van der Waals surface area (Å²) in [5.74, 6) is 0.782. The number of anilines is 1. The summed E-state index contributed by atoms with van der Waals surface area (Å²) in [7, 11) is 0. The number of rotatable bonds is 8. The van der Waals surface area contributed by atoms with Crippen molar-refractivity contribution in [2.75, 3.05) is 11.9 Å². The SMILES string of the molecule is CCCOc1ccccc1NC(=O)CCCc1cccs1. The minimum absolute atomic E-state index is 0.0408. The maximum Gasteiger partial charge on any atom is 0.224 e. The van der Waals surface area contributed by atoms with Crippen LogP contribution in [0.3, 0.4) is 0 Å². The number of amides is 1. The van der Waals surface area contributed by atoms with Gasteiger partial charge in [-0.15, -0.1) is 11.3 Å². The maximum absolute atomic E-state index is 12.0. The fraction of sp³-hybridized carbons (Fsp3) is 0.353. The Morgan fingerprint density at radius 1 is 1.24 bits per heavy atom. The molecule has 3 nitrogen and oxygen atoms in total. The second kappa shape index (κ2) is 8.47. The summed E-state index contributed by atoms with van der Waals surface area (Å²) in [5.41, 5.74) is 0.757. The van der Waals surface area contributed by atoms with E-state index in [0.717, 1.165) is 30.7 Å². The summed E-state index contributed by atoms with van der Waals surface area (Å²) < 4.78 is 5.64. The van der Waals surface area contributed by atoms with E-state index in [1.165, 1.54) is 4.88 Å². The summed E-state index contributed by atoms with van der Waals surface area (Å²) in [4.78, 5) is 13.3. The molecule has 0 aliphatic rings. The molecule has 0 bridgehead atoms. The van der Waals surface area contributed by atoms with E-state index in [9.17, 15) is 4.79 Å². The molecule has 1 aromatic carbocycles. The van der Waals surface area contributed by atoms with Gasteiger partial charge in [0, 0.05) is 11.3 Å². The van der Waals surface area contributed by atoms with Gasteiger partial charge in [-0.2, -0.15) is 0 Å². The van der Waals surface area contributed by atoms with E-state index in [2.05, 4.69) is 23.7 Å². The first kappa shape index (κ1) is 15.6. The molecule has 1 amide bonds. The fourth-order valence-electron chi connectivity index (χ4n) is 2.00. The van der Waals surface area contributed by atoms with Gasteiger partial charge in [-0.1, -0.05) is 25.1 Å². The molecule has 2 aromatic rings. The predicted molar refractivity (Wildman–Crippen MR) is 88.1 cm³/mol. The molecule has 0 unspecified atom stereocenters. The molecule has 112 valence electrons. The van der Waals surface area contributed by atoms with Gasteiger partial charge in [0.15, 0.2) is 0 Å². The topological polar surface area (TPSA) is 38.3 Å². The van der Waals surface area contributed by atoms with Crippen LogP contribution in [0.2, 0.25) is 0 Å². The highest BCUT2D eigenvalue weighted by molar-refractivity contribution is 7.09. The summed E-state index contributed by atoms with van der Waals surface area (Å²) in [6.45, 7) is 2.72. The van der Waals surface area contributed by atoms with Crippen LogP contribution in [-0.2, 0) is 11.2 Å². The second-order valence-corrected chi connectivity index (χ2v) is 5.86. The number of ether oxygens (including phenoxy) is 1. The minimum Gasteiger partial charge on any atom is -0.491 e. The average molecular weight is 303 g/mol. The monoisotopic (exact) mass is 303 g/mol. The number of carbonyl (C=O) groups is 1. The first-order valence-corrected chi connectivity index (χ1v) is 8.21. The molecule has 2 rings (SSSR count). The van der Waals surface area contributed by atoms with E-state index in [4.69, 9.17) is 4.74 Å². The quantitative estimate of drug-likeness (QED) is 0.780. The molecule has 1 aromatic heterocycles. The van der Waals surface area contributed by atoms with Crippen molar-refractivity contribution in [3.05, 3.63) is 46.7 Å². The standard InChI is InChI=1S/C17H21NO2S/c1-2-12-20-16-10-4-3-9-15(16)18-17(19)11-5-7-14-8-6-13-21-14/h3-4,6,8-10,13H,2,5,7,11-12H2,1H3,(H,18,19). The Kier molecular flexibility index (Phi) is 6.28. The van der Waals surface area contributed by atoms with Gasteiger partial charge in [-0.05, 0) is 42.8 Å². The second-order valence-electron chi connectivity index (χ2n) is 4.83. The molecular weight excluding hydrogens is 282 g/mol. The van der Waals surface area contributed by atoms with E-state index >= 15 is 0 Å². The lowest BCUT2D eigenvalue weighted by Crippen LogP contribution is -2.12. The van der Waals surface area contributed by atoms with Crippen LogP contribution in [0.25, 0.3) is 0 Å². The molecule has 0 aliphatic carbocycles. The highest BCUT2D eigenvalue weighted by atomic mass is 32.1. The number of thiophene rings is 1. The molecule has 0 radical (unpaired) electrons. The van der Waals surface area contributed by atoms with Crippen LogP contribution in [0.1, 0.15) is 31.1 Å². The lowest BCUT2D eigenvalue weighted by atomic mass is 10.2. The molecule has 0 spiro atoms. The van der Waals surface area contributed by atoms with Crippen molar-refractivity contribution in [2.24, 2.45) is 0 Å². The Bertz CT molecular complexity index is 552. The number of hydrogen-bond acceptors (Lipinski definition) is 3. The highest BCUT2D eigenvalue weighted by Gasteiger charge is 2.07. The zero-order valence-corrected chi connectivity index (χ0v) is 13.1. The molecule has 0 saturated heterocycles. The number of carbonyl (C=O) groups excluding carboxylic acids is 1. The van der Waals surface area contributed by atoms with Gasteiger partial charge in [-0.3, -0.25) is 4.79 Å². The maximum atomic E-state index is 12.0. The Morgan fingerprint density at radius 2 is 2.10 bits per heavy atom. The van der Waals surface area contributed by atoms with Gasteiger partial charge in [-0.25, -0.2) is 0 Å². The molecule has 21 heavy (non-hydrogen) atoms. The van der Waals surface area contributed by atoms with Crippen molar-refractivity contribution >= 4 is 22.9 Å². The van der Waals surface area contributed by atoms with Gasteiger partial charge in [0.2, 0.25) is 5.91 Å². The summed E-state index contributed by atoms with van der Waals surface area (Å²) in [6, 6.07) is 11.7. The van der Waals surface area contributed by atoms with Crippen LogP contribution in [0.15, 0.2) is 41.8 Å². The molecule has 1 N–H and O–H groups in total. The Morgan fingerprint density at radius 3 is 2.86 bits per heavy atom. The molecular formula is C17H21NO2S. The van der Waals surface area contributed by atoms with E-state index < -0.39 is 0 Å². The van der Waals surface area contributed by atoms with Crippen LogP contribution in [0, 0.1) is 0 Å². The van der Waals surface area contributed by atoms with Crippen molar-refractivity contribution in [1.82, 2.24) is 0 Å². The largest absolute Gasteiger partial charge is 0.491 e. The Hall–Kier alpha value is -1.81. The van der Waals surface area contributed by atoms with Gasteiger partial charge in [0.05, 0.1) is 12.3 Å². The van der Waals surface area contributed by atoms with Gasteiger partial charge < -0.3 is 10.1 Å². The van der Waals surface area contributed by atoms with Crippen molar-refractivity contribution in [3.8, 4) is 5.75 Å². The summed E-state index contributed by atoms with van der Waals surface area (Å²) in [6.07, 6.45) is 3.30. The third-order valence-electron chi connectivity index (χ3n) is 3.03. The highest BCUT2D eigenvalue weighted by Crippen LogP contribution is 2.24. The van der Waals surface area contributed by atoms with Crippen LogP contribution in [0.4, 0.5) is 5.69 Å². The first-order chi connectivity index (χ1) is 10.3.